The standard InChI is InChI=1S/C6H11F2N3/c7-6(8)3-1-2-4(6)5(9)11-10/h4H,1-3,10H2,(H2,9,11). The molecule has 0 aromatic rings. The molecule has 0 spiro atoms. The first-order chi connectivity index (χ1) is 5.08. The fourth-order valence-corrected chi connectivity index (χ4v) is 1.38. The third-order valence-corrected chi connectivity index (χ3v) is 2.02. The lowest BCUT2D eigenvalue weighted by atomic mass is 10.0. The molecule has 11 heavy (non-hydrogen) atoms. The van der Waals surface area contributed by atoms with E-state index in [9.17, 15) is 8.78 Å². The van der Waals surface area contributed by atoms with Crippen molar-refractivity contribution in [3.63, 3.8) is 0 Å². The Hall–Kier alpha value is -0.870. The van der Waals surface area contributed by atoms with Gasteiger partial charge in [0.2, 0.25) is 0 Å². The molecule has 0 heterocycles. The van der Waals surface area contributed by atoms with Crippen molar-refractivity contribution in [2.24, 2.45) is 22.6 Å². The third-order valence-electron chi connectivity index (χ3n) is 2.02. The maximum absolute atomic E-state index is 12.8. The Balaban J connectivity index is 2.73. The van der Waals surface area contributed by atoms with Gasteiger partial charge in [-0.1, -0.05) is 0 Å². The van der Waals surface area contributed by atoms with E-state index in [0.29, 0.717) is 12.8 Å². The zero-order valence-corrected chi connectivity index (χ0v) is 6.06. The predicted octanol–water partition coefficient (Wildman–Crippen LogP) is 0.653. The van der Waals surface area contributed by atoms with E-state index in [1.165, 1.54) is 0 Å². The van der Waals surface area contributed by atoms with E-state index in [1.54, 1.807) is 0 Å². The van der Waals surface area contributed by atoms with Crippen molar-refractivity contribution in [3.05, 3.63) is 0 Å². The van der Waals surface area contributed by atoms with Crippen molar-refractivity contribution in [1.82, 2.24) is 0 Å². The Morgan fingerprint density at radius 2 is 2.18 bits per heavy atom. The minimum absolute atomic E-state index is 0.103. The Morgan fingerprint density at radius 1 is 1.55 bits per heavy atom. The summed E-state index contributed by atoms with van der Waals surface area (Å²) in [5, 5.41) is 3.08. The van der Waals surface area contributed by atoms with E-state index < -0.39 is 11.8 Å². The lowest BCUT2D eigenvalue weighted by Gasteiger charge is -2.16. The van der Waals surface area contributed by atoms with E-state index in [-0.39, 0.29) is 12.3 Å². The molecule has 1 aliphatic carbocycles. The zero-order valence-electron chi connectivity index (χ0n) is 6.06. The number of halogens is 2. The minimum Gasteiger partial charge on any atom is -0.385 e. The molecule has 3 nitrogen and oxygen atoms in total. The van der Waals surface area contributed by atoms with Gasteiger partial charge < -0.3 is 11.6 Å². The van der Waals surface area contributed by atoms with Crippen LogP contribution in [0, 0.1) is 5.92 Å². The maximum atomic E-state index is 12.8. The summed E-state index contributed by atoms with van der Waals surface area (Å²) < 4.78 is 25.7. The first kappa shape index (κ1) is 8.23. The SMILES string of the molecule is N/N=C(\N)C1CCCC1(F)F. The smallest absolute Gasteiger partial charge is 0.257 e. The van der Waals surface area contributed by atoms with Crippen LogP contribution in [-0.2, 0) is 0 Å². The highest BCUT2D eigenvalue weighted by atomic mass is 19.3. The molecular weight excluding hydrogens is 152 g/mol. The van der Waals surface area contributed by atoms with Crippen LogP contribution in [0.15, 0.2) is 5.10 Å². The summed E-state index contributed by atoms with van der Waals surface area (Å²) in [6, 6.07) is 0. The Bertz CT molecular complexity index is 179. The predicted molar refractivity (Wildman–Crippen MR) is 38.1 cm³/mol. The highest BCUT2D eigenvalue weighted by Crippen LogP contribution is 2.40. The van der Waals surface area contributed by atoms with Crippen molar-refractivity contribution in [1.29, 1.82) is 0 Å². The monoisotopic (exact) mass is 163 g/mol. The van der Waals surface area contributed by atoms with Crippen LogP contribution in [0.5, 0.6) is 0 Å². The quantitative estimate of drug-likeness (QED) is 0.258. The second-order valence-corrected chi connectivity index (χ2v) is 2.76. The second-order valence-electron chi connectivity index (χ2n) is 2.76. The zero-order chi connectivity index (χ0) is 8.48. The maximum Gasteiger partial charge on any atom is 0.257 e. The molecule has 1 rings (SSSR count). The molecule has 1 fully saturated rings. The number of alkyl halides is 2. The number of nitrogens with two attached hydrogens (primary N) is 2. The van der Waals surface area contributed by atoms with Gasteiger partial charge in [0, 0.05) is 6.42 Å². The van der Waals surface area contributed by atoms with Gasteiger partial charge in [-0.2, -0.15) is 5.10 Å². The summed E-state index contributed by atoms with van der Waals surface area (Å²) in [5.74, 6) is 1.03. The van der Waals surface area contributed by atoms with Crippen LogP contribution < -0.4 is 11.6 Å². The number of nitrogens with zero attached hydrogens (tertiary/aromatic N) is 1. The molecule has 1 saturated carbocycles. The number of rotatable bonds is 1. The van der Waals surface area contributed by atoms with Crippen LogP contribution >= 0.6 is 0 Å². The average Bonchev–Trinajstić information content (AvgIpc) is 2.28. The van der Waals surface area contributed by atoms with Crippen molar-refractivity contribution >= 4 is 5.84 Å². The van der Waals surface area contributed by atoms with Gasteiger partial charge >= 0.3 is 0 Å². The van der Waals surface area contributed by atoms with Gasteiger partial charge in [0.15, 0.2) is 0 Å². The molecule has 0 saturated heterocycles. The average molecular weight is 163 g/mol. The van der Waals surface area contributed by atoms with Crippen LogP contribution in [0.1, 0.15) is 19.3 Å². The first-order valence-corrected chi connectivity index (χ1v) is 3.49. The van der Waals surface area contributed by atoms with Gasteiger partial charge in [0.1, 0.15) is 5.84 Å². The van der Waals surface area contributed by atoms with Gasteiger partial charge in [0.05, 0.1) is 5.92 Å². The molecule has 0 radical (unpaired) electrons. The van der Waals surface area contributed by atoms with Crippen LogP contribution in [0.4, 0.5) is 8.78 Å². The van der Waals surface area contributed by atoms with E-state index in [4.69, 9.17) is 11.6 Å². The van der Waals surface area contributed by atoms with Gasteiger partial charge in [-0.05, 0) is 12.8 Å². The number of hydrazone groups is 1. The molecule has 5 heteroatoms. The Morgan fingerprint density at radius 3 is 2.55 bits per heavy atom. The van der Waals surface area contributed by atoms with E-state index in [0.717, 1.165) is 0 Å². The topological polar surface area (TPSA) is 64.4 Å². The van der Waals surface area contributed by atoms with Crippen molar-refractivity contribution in [2.75, 3.05) is 0 Å². The van der Waals surface area contributed by atoms with Crippen molar-refractivity contribution in [2.45, 2.75) is 25.2 Å². The molecule has 0 amide bonds. The molecule has 1 aliphatic rings. The minimum atomic E-state index is -2.70. The summed E-state index contributed by atoms with van der Waals surface area (Å²) in [5.41, 5.74) is 5.20. The number of hydrogen-bond donors (Lipinski definition) is 2. The van der Waals surface area contributed by atoms with E-state index >= 15 is 0 Å². The lowest BCUT2D eigenvalue weighted by molar-refractivity contribution is -0.0138. The summed E-state index contributed by atoms with van der Waals surface area (Å²) in [4.78, 5) is 0. The van der Waals surface area contributed by atoms with Crippen LogP contribution in [0.25, 0.3) is 0 Å². The molecular formula is C6H11F2N3. The summed E-state index contributed by atoms with van der Waals surface area (Å²) in [7, 11) is 0. The molecule has 1 unspecified atom stereocenters. The van der Waals surface area contributed by atoms with Gasteiger partial charge in [-0.3, -0.25) is 0 Å². The Kier molecular flexibility index (Phi) is 1.97. The molecule has 0 bridgehead atoms. The summed E-state index contributed by atoms with van der Waals surface area (Å²) >= 11 is 0. The van der Waals surface area contributed by atoms with E-state index in [1.807, 2.05) is 0 Å². The summed E-state index contributed by atoms with van der Waals surface area (Å²) in [6.07, 6.45) is 0.779. The highest BCUT2D eigenvalue weighted by molar-refractivity contribution is 5.83. The van der Waals surface area contributed by atoms with Gasteiger partial charge in [0.25, 0.3) is 5.92 Å². The van der Waals surface area contributed by atoms with Gasteiger partial charge in [-0.25, -0.2) is 8.78 Å². The molecule has 4 N–H and O–H groups in total. The Labute approximate surface area is 63.4 Å². The van der Waals surface area contributed by atoms with E-state index in [2.05, 4.69) is 5.10 Å². The molecule has 0 aliphatic heterocycles. The normalized spacial score (nSPS) is 30.7. The molecule has 1 atom stereocenters. The van der Waals surface area contributed by atoms with Crippen LogP contribution in [0.2, 0.25) is 0 Å². The highest BCUT2D eigenvalue weighted by Gasteiger charge is 2.45. The fraction of sp³-hybridized carbons (Fsp3) is 0.833. The lowest BCUT2D eigenvalue weighted by Crippen LogP contribution is -2.35. The summed E-state index contributed by atoms with van der Waals surface area (Å²) in [6.45, 7) is 0. The third kappa shape index (κ3) is 1.41. The molecule has 0 aromatic heterocycles. The fourth-order valence-electron chi connectivity index (χ4n) is 1.38. The number of amidine groups is 1. The first-order valence-electron chi connectivity index (χ1n) is 3.49. The van der Waals surface area contributed by atoms with Crippen molar-refractivity contribution in [3.8, 4) is 0 Å². The molecule has 64 valence electrons. The molecule has 0 aromatic carbocycles. The van der Waals surface area contributed by atoms with Crippen molar-refractivity contribution < 1.29 is 8.78 Å². The largest absolute Gasteiger partial charge is 0.385 e. The van der Waals surface area contributed by atoms with Gasteiger partial charge in [-0.15, -0.1) is 0 Å². The second kappa shape index (κ2) is 2.64. The number of hydrogen-bond acceptors (Lipinski definition) is 2. The van der Waals surface area contributed by atoms with Crippen LogP contribution in [-0.4, -0.2) is 11.8 Å². The van der Waals surface area contributed by atoms with Crippen LogP contribution in [0.3, 0.4) is 0 Å².